The molecule has 0 radical (unpaired) electrons. The van der Waals surface area contributed by atoms with Crippen molar-refractivity contribution in [2.24, 2.45) is 5.92 Å². The molecular formula is C22H24O7. The number of phenols is 2. The predicted molar refractivity (Wildman–Crippen MR) is 106 cm³/mol. The highest BCUT2D eigenvalue weighted by molar-refractivity contribution is 5.87. The van der Waals surface area contributed by atoms with Crippen molar-refractivity contribution in [3.63, 3.8) is 0 Å². The molecule has 2 aromatic carbocycles. The van der Waals surface area contributed by atoms with Gasteiger partial charge in [0.2, 0.25) is 5.75 Å². The van der Waals surface area contributed by atoms with Crippen LogP contribution in [0, 0.1) is 5.92 Å². The second-order valence-electron chi connectivity index (χ2n) is 6.75. The number of carbonyl (C=O) groups is 1. The van der Waals surface area contributed by atoms with Crippen molar-refractivity contribution >= 4 is 12.0 Å². The number of aromatic hydroxyl groups is 2. The van der Waals surface area contributed by atoms with Crippen LogP contribution in [0.4, 0.5) is 0 Å². The third-order valence-corrected chi connectivity index (χ3v) is 4.72. The van der Waals surface area contributed by atoms with Crippen molar-refractivity contribution in [1.82, 2.24) is 0 Å². The Morgan fingerprint density at radius 1 is 1.14 bits per heavy atom. The van der Waals surface area contributed by atoms with E-state index in [9.17, 15) is 15.0 Å². The largest absolute Gasteiger partial charge is 0.508 e. The zero-order valence-electron chi connectivity index (χ0n) is 16.3. The Morgan fingerprint density at radius 2 is 1.79 bits per heavy atom. The van der Waals surface area contributed by atoms with Gasteiger partial charge in [0.15, 0.2) is 11.5 Å². The van der Waals surface area contributed by atoms with Crippen LogP contribution >= 0.6 is 0 Å². The van der Waals surface area contributed by atoms with Gasteiger partial charge in [-0.1, -0.05) is 12.1 Å². The highest BCUT2D eigenvalue weighted by atomic mass is 16.5. The maximum absolute atomic E-state index is 11.9. The monoisotopic (exact) mass is 400 g/mol. The zero-order chi connectivity index (χ0) is 20.8. The smallest absolute Gasteiger partial charge is 0.330 e. The highest BCUT2D eigenvalue weighted by Crippen LogP contribution is 2.42. The predicted octanol–water partition coefficient (Wildman–Crippen LogP) is 3.45. The lowest BCUT2D eigenvalue weighted by molar-refractivity contribution is -0.139. The molecule has 2 aromatic rings. The molecule has 1 aliphatic heterocycles. The van der Waals surface area contributed by atoms with E-state index in [-0.39, 0.29) is 30.1 Å². The summed E-state index contributed by atoms with van der Waals surface area (Å²) >= 11 is 0. The lowest BCUT2D eigenvalue weighted by Crippen LogP contribution is -2.12. The Bertz CT molecular complexity index is 848. The molecule has 0 aromatic heterocycles. The Kier molecular flexibility index (Phi) is 6.61. The number of ether oxygens (including phenoxy) is 4. The van der Waals surface area contributed by atoms with Crippen molar-refractivity contribution in [3.8, 4) is 23.0 Å². The van der Waals surface area contributed by atoms with Crippen LogP contribution < -0.4 is 9.47 Å². The van der Waals surface area contributed by atoms with E-state index < -0.39 is 5.97 Å². The van der Waals surface area contributed by atoms with Gasteiger partial charge >= 0.3 is 5.97 Å². The second kappa shape index (κ2) is 9.34. The number of methoxy groups -OCH3 is 2. The fourth-order valence-electron chi connectivity index (χ4n) is 3.14. The molecule has 1 saturated heterocycles. The molecule has 2 N–H and O–H groups in total. The molecular weight excluding hydrogens is 376 g/mol. The molecule has 0 aliphatic carbocycles. The van der Waals surface area contributed by atoms with E-state index in [0.717, 1.165) is 11.1 Å². The van der Waals surface area contributed by atoms with Crippen molar-refractivity contribution in [1.29, 1.82) is 0 Å². The van der Waals surface area contributed by atoms with Crippen LogP contribution in [0.15, 0.2) is 42.5 Å². The van der Waals surface area contributed by atoms with Crippen LogP contribution in [0.5, 0.6) is 23.0 Å². The van der Waals surface area contributed by atoms with Gasteiger partial charge in [0.1, 0.15) is 5.75 Å². The average molecular weight is 400 g/mol. The first kappa shape index (κ1) is 20.5. The van der Waals surface area contributed by atoms with Crippen LogP contribution in [0.1, 0.15) is 23.7 Å². The Labute approximate surface area is 169 Å². The van der Waals surface area contributed by atoms with Gasteiger partial charge in [-0.2, -0.15) is 0 Å². The van der Waals surface area contributed by atoms with Crippen molar-refractivity contribution in [2.45, 2.75) is 12.5 Å². The molecule has 7 nitrogen and oxygen atoms in total. The third kappa shape index (κ3) is 5.20. The first-order valence-corrected chi connectivity index (χ1v) is 9.20. The molecule has 154 valence electrons. The minimum atomic E-state index is -0.436. The molecule has 7 heteroatoms. The van der Waals surface area contributed by atoms with E-state index in [4.69, 9.17) is 18.9 Å². The minimum Gasteiger partial charge on any atom is -0.508 e. The number of esters is 1. The molecule has 29 heavy (non-hydrogen) atoms. The van der Waals surface area contributed by atoms with Gasteiger partial charge in [0.25, 0.3) is 0 Å². The Hall–Kier alpha value is -3.19. The van der Waals surface area contributed by atoms with E-state index in [1.54, 1.807) is 42.5 Å². The molecule has 2 atom stereocenters. The maximum Gasteiger partial charge on any atom is 0.330 e. The zero-order valence-corrected chi connectivity index (χ0v) is 16.3. The third-order valence-electron chi connectivity index (χ3n) is 4.72. The lowest BCUT2D eigenvalue weighted by atomic mass is 10.0. The SMILES string of the molecule is COc1cc([C@H]2CC(COC(=O)/C=C\c3ccc(O)cc3)CO2)cc(OC)c1O. The summed E-state index contributed by atoms with van der Waals surface area (Å²) in [5.41, 5.74) is 1.62. The summed E-state index contributed by atoms with van der Waals surface area (Å²) in [6.45, 7) is 0.715. The number of benzene rings is 2. The lowest BCUT2D eigenvalue weighted by Gasteiger charge is -2.15. The van der Waals surface area contributed by atoms with Gasteiger partial charge in [0, 0.05) is 12.0 Å². The van der Waals surface area contributed by atoms with E-state index in [1.807, 2.05) is 0 Å². The van der Waals surface area contributed by atoms with Crippen molar-refractivity contribution in [2.75, 3.05) is 27.4 Å². The molecule has 1 fully saturated rings. The van der Waals surface area contributed by atoms with Crippen LogP contribution in [-0.4, -0.2) is 43.6 Å². The number of rotatable bonds is 7. The maximum atomic E-state index is 11.9. The Balaban J connectivity index is 1.53. The summed E-state index contributed by atoms with van der Waals surface area (Å²) in [6, 6.07) is 9.95. The molecule has 0 amide bonds. The summed E-state index contributed by atoms with van der Waals surface area (Å²) < 4.78 is 21.5. The minimum absolute atomic E-state index is 0.0531. The standard InChI is InChI=1S/C22H24O7/c1-26-19-10-16(11-20(27-2)22(19)25)18-9-15(12-28-18)13-29-21(24)8-5-14-3-6-17(23)7-4-14/h3-8,10-11,15,18,23,25H,9,12-13H2,1-2H3/b8-5-/t15?,18-/m1/s1. The summed E-state index contributed by atoms with van der Waals surface area (Å²) in [5, 5.41) is 19.3. The van der Waals surface area contributed by atoms with Gasteiger partial charge in [-0.15, -0.1) is 0 Å². The van der Waals surface area contributed by atoms with Crippen LogP contribution in [0.3, 0.4) is 0 Å². The second-order valence-corrected chi connectivity index (χ2v) is 6.75. The number of phenolic OH excluding ortho intramolecular Hbond substituents is 2. The van der Waals surface area contributed by atoms with E-state index in [1.165, 1.54) is 20.3 Å². The van der Waals surface area contributed by atoms with Gasteiger partial charge in [0.05, 0.1) is 33.5 Å². The van der Waals surface area contributed by atoms with Crippen LogP contribution in [0.2, 0.25) is 0 Å². The van der Waals surface area contributed by atoms with Crippen molar-refractivity contribution in [3.05, 3.63) is 53.6 Å². The number of hydrogen-bond donors (Lipinski definition) is 2. The van der Waals surface area contributed by atoms with Gasteiger partial charge in [-0.25, -0.2) is 4.79 Å². The van der Waals surface area contributed by atoms with Gasteiger partial charge in [-0.05, 0) is 47.9 Å². The van der Waals surface area contributed by atoms with E-state index in [0.29, 0.717) is 24.5 Å². The molecule has 0 spiro atoms. The molecule has 1 heterocycles. The normalized spacial score (nSPS) is 18.7. The number of carbonyl (C=O) groups excluding carboxylic acids is 1. The summed E-state index contributed by atoms with van der Waals surface area (Å²) in [4.78, 5) is 11.9. The van der Waals surface area contributed by atoms with Crippen LogP contribution in [-0.2, 0) is 14.3 Å². The first-order valence-electron chi connectivity index (χ1n) is 9.20. The van der Waals surface area contributed by atoms with Crippen molar-refractivity contribution < 1.29 is 34.0 Å². The summed E-state index contributed by atoms with van der Waals surface area (Å²) in [6.07, 6.45) is 3.46. The quantitative estimate of drug-likeness (QED) is 0.543. The van der Waals surface area contributed by atoms with E-state index >= 15 is 0 Å². The fraction of sp³-hybridized carbons (Fsp3) is 0.318. The van der Waals surface area contributed by atoms with E-state index in [2.05, 4.69) is 0 Å². The molecule has 1 aliphatic rings. The summed E-state index contributed by atoms with van der Waals surface area (Å²) in [5.74, 6) is 0.382. The van der Waals surface area contributed by atoms with Crippen LogP contribution in [0.25, 0.3) is 6.08 Å². The average Bonchev–Trinajstić information content (AvgIpc) is 3.21. The Morgan fingerprint density at radius 3 is 2.41 bits per heavy atom. The van der Waals surface area contributed by atoms with Gasteiger partial charge in [-0.3, -0.25) is 0 Å². The number of hydrogen-bond acceptors (Lipinski definition) is 7. The fourth-order valence-corrected chi connectivity index (χ4v) is 3.14. The highest BCUT2D eigenvalue weighted by Gasteiger charge is 2.29. The topological polar surface area (TPSA) is 94.5 Å². The molecule has 0 bridgehead atoms. The first-order chi connectivity index (χ1) is 14.0. The summed E-state index contributed by atoms with van der Waals surface area (Å²) in [7, 11) is 2.95. The molecule has 1 unspecified atom stereocenters. The molecule has 3 rings (SSSR count). The molecule has 0 saturated carbocycles. The van der Waals surface area contributed by atoms with Gasteiger partial charge < -0.3 is 29.2 Å².